The number of rotatable bonds is 5. The molecule has 2 aromatic rings. The van der Waals surface area contributed by atoms with E-state index < -0.39 is 0 Å². The molecule has 0 aliphatic carbocycles. The molecule has 0 unspecified atom stereocenters. The summed E-state index contributed by atoms with van der Waals surface area (Å²) in [5.74, 6) is 0.845. The van der Waals surface area contributed by atoms with Crippen LogP contribution in [0.2, 0.25) is 0 Å². The molecule has 1 aromatic heterocycles. The highest BCUT2D eigenvalue weighted by Crippen LogP contribution is 2.13. The summed E-state index contributed by atoms with van der Waals surface area (Å²) in [7, 11) is 1.66. The lowest BCUT2D eigenvalue weighted by Gasteiger charge is -2.10. The molecule has 0 spiro atoms. The van der Waals surface area contributed by atoms with Crippen molar-refractivity contribution in [2.75, 3.05) is 20.2 Å². The van der Waals surface area contributed by atoms with E-state index in [0.717, 1.165) is 16.9 Å². The van der Waals surface area contributed by atoms with Crippen LogP contribution in [0.3, 0.4) is 0 Å². The zero-order chi connectivity index (χ0) is 16.7. The van der Waals surface area contributed by atoms with Crippen molar-refractivity contribution in [1.29, 1.82) is 0 Å². The smallest absolute Gasteiger partial charge is 0.497 e. The quantitative estimate of drug-likeness (QED) is 0.792. The third kappa shape index (κ3) is 4.42. The molecule has 0 aliphatic heterocycles. The molecule has 23 heavy (non-hydrogen) atoms. The molecule has 2 rings (SSSR count). The molecule has 0 saturated heterocycles. The Labute approximate surface area is 137 Å². The van der Waals surface area contributed by atoms with Crippen LogP contribution in [-0.4, -0.2) is 31.1 Å². The average molecular weight is 311 g/mol. The molecular weight excluding hydrogens is 288 g/mol. The Morgan fingerprint density at radius 1 is 1.00 bits per heavy atom. The van der Waals surface area contributed by atoms with Crippen LogP contribution in [0.25, 0.3) is 12.2 Å². The Kier molecular flexibility index (Phi) is 5.92. The highest BCUT2D eigenvalue weighted by molar-refractivity contribution is 5.70. The van der Waals surface area contributed by atoms with E-state index in [4.69, 9.17) is 4.74 Å². The van der Waals surface area contributed by atoms with Gasteiger partial charge in [0.25, 0.3) is 0 Å². The Morgan fingerprint density at radius 3 is 2.00 bits per heavy atom. The van der Waals surface area contributed by atoms with Gasteiger partial charge >= 0.3 is 6.03 Å². The van der Waals surface area contributed by atoms with Crippen molar-refractivity contribution in [1.82, 2.24) is 4.90 Å². The van der Waals surface area contributed by atoms with E-state index in [0.29, 0.717) is 13.1 Å². The monoisotopic (exact) mass is 311 g/mol. The maximum Gasteiger partial charge on any atom is 0.497 e. The van der Waals surface area contributed by atoms with E-state index in [2.05, 4.69) is 0 Å². The lowest BCUT2D eigenvalue weighted by Crippen LogP contribution is -2.51. The molecule has 1 amide bonds. The number of carbonyl (C=O) groups is 1. The summed E-state index contributed by atoms with van der Waals surface area (Å²) in [5.41, 5.74) is 2.14. The number of amides is 1. The molecule has 0 fully saturated rings. The molecule has 0 aliphatic rings. The summed E-state index contributed by atoms with van der Waals surface area (Å²) in [6.45, 7) is 5.38. The largest absolute Gasteiger partial charge is 0.497 e. The number of nitrogens with zero attached hydrogens (tertiary/aromatic N) is 2. The number of ether oxygens (including phenoxy) is 1. The fraction of sp³-hybridized carbons (Fsp3) is 0.263. The van der Waals surface area contributed by atoms with Gasteiger partial charge in [-0.25, -0.2) is 4.90 Å². The number of pyridine rings is 1. The third-order valence-corrected chi connectivity index (χ3v) is 3.69. The lowest BCUT2D eigenvalue weighted by atomic mass is 10.1. The fourth-order valence-corrected chi connectivity index (χ4v) is 2.24. The maximum absolute atomic E-state index is 12.2. The van der Waals surface area contributed by atoms with E-state index in [1.54, 1.807) is 29.0 Å². The van der Waals surface area contributed by atoms with Gasteiger partial charge in [-0.15, -0.1) is 0 Å². The summed E-state index contributed by atoms with van der Waals surface area (Å²) in [4.78, 5) is 14.0. The van der Waals surface area contributed by atoms with E-state index >= 15 is 0 Å². The number of carbonyl (C=O) groups excluding carboxylic acids is 1. The van der Waals surface area contributed by atoms with Crippen LogP contribution in [0.1, 0.15) is 25.0 Å². The van der Waals surface area contributed by atoms with E-state index in [-0.39, 0.29) is 6.03 Å². The van der Waals surface area contributed by atoms with Crippen LogP contribution in [0.4, 0.5) is 4.79 Å². The van der Waals surface area contributed by atoms with Gasteiger partial charge in [0.05, 0.1) is 32.6 Å². The standard InChI is InChI=1S/C19H23N2O2/c1-4-20(5-2)19(22)21-14-12-17(13-15-21)7-6-16-8-10-18(23-3)11-9-16/h6-15H,4-5H2,1-3H3/q+1/b7-6+. The summed E-state index contributed by atoms with van der Waals surface area (Å²) < 4.78 is 6.75. The minimum atomic E-state index is 0.000633. The third-order valence-electron chi connectivity index (χ3n) is 3.69. The number of hydrogen-bond acceptors (Lipinski definition) is 2. The predicted octanol–water partition coefficient (Wildman–Crippen LogP) is 3.46. The van der Waals surface area contributed by atoms with Gasteiger partial charge in [0.15, 0.2) is 0 Å². The number of benzene rings is 1. The Morgan fingerprint density at radius 2 is 1.52 bits per heavy atom. The molecule has 0 atom stereocenters. The molecule has 4 nitrogen and oxygen atoms in total. The van der Waals surface area contributed by atoms with Crippen molar-refractivity contribution in [3.8, 4) is 5.75 Å². The van der Waals surface area contributed by atoms with Gasteiger partial charge in [-0.05, 0) is 49.2 Å². The number of methoxy groups -OCH3 is 1. The lowest BCUT2D eigenvalue weighted by molar-refractivity contribution is -0.578. The first-order chi connectivity index (χ1) is 11.2. The second kappa shape index (κ2) is 8.13. The zero-order valence-electron chi connectivity index (χ0n) is 13.9. The van der Waals surface area contributed by atoms with Crippen molar-refractivity contribution < 1.29 is 14.1 Å². The van der Waals surface area contributed by atoms with Gasteiger partial charge in [-0.2, -0.15) is 9.36 Å². The summed E-state index contributed by atoms with van der Waals surface area (Å²) in [6, 6.07) is 11.7. The highest BCUT2D eigenvalue weighted by atomic mass is 16.5. The van der Waals surface area contributed by atoms with E-state index in [1.165, 1.54) is 0 Å². The van der Waals surface area contributed by atoms with Crippen LogP contribution in [-0.2, 0) is 0 Å². The van der Waals surface area contributed by atoms with Crippen LogP contribution < -0.4 is 9.30 Å². The van der Waals surface area contributed by atoms with Crippen molar-refractivity contribution in [3.05, 3.63) is 59.9 Å². The zero-order valence-corrected chi connectivity index (χ0v) is 13.9. The molecule has 1 aromatic carbocycles. The minimum Gasteiger partial charge on any atom is -0.497 e. The molecular formula is C19H23N2O2+. The Hall–Kier alpha value is -2.62. The van der Waals surface area contributed by atoms with Gasteiger partial charge in [0.2, 0.25) is 0 Å². The first kappa shape index (κ1) is 16.7. The topological polar surface area (TPSA) is 33.4 Å². The van der Waals surface area contributed by atoms with Crippen molar-refractivity contribution in [3.63, 3.8) is 0 Å². The predicted molar refractivity (Wildman–Crippen MR) is 92.3 cm³/mol. The van der Waals surface area contributed by atoms with Gasteiger partial charge in [0.1, 0.15) is 5.75 Å². The van der Waals surface area contributed by atoms with Crippen LogP contribution in [0.5, 0.6) is 5.75 Å². The Bertz CT molecular complexity index is 657. The number of aromatic nitrogens is 1. The normalized spacial score (nSPS) is 10.7. The fourth-order valence-electron chi connectivity index (χ4n) is 2.24. The molecule has 1 heterocycles. The second-order valence-corrected chi connectivity index (χ2v) is 5.10. The van der Waals surface area contributed by atoms with Crippen molar-refractivity contribution >= 4 is 18.2 Å². The van der Waals surface area contributed by atoms with E-state index in [1.807, 2.05) is 62.4 Å². The second-order valence-electron chi connectivity index (χ2n) is 5.10. The first-order valence-corrected chi connectivity index (χ1v) is 7.80. The molecule has 0 N–H and O–H groups in total. The molecule has 0 saturated carbocycles. The SMILES string of the molecule is CCN(CC)C(=O)[n+]1ccc(/C=C/c2ccc(OC)cc2)cc1. The molecule has 0 bridgehead atoms. The van der Waals surface area contributed by atoms with Crippen LogP contribution >= 0.6 is 0 Å². The van der Waals surface area contributed by atoms with Gasteiger partial charge in [-0.3, -0.25) is 0 Å². The first-order valence-electron chi connectivity index (χ1n) is 7.80. The summed E-state index contributed by atoms with van der Waals surface area (Å²) in [6.07, 6.45) is 7.65. The number of hydrogen-bond donors (Lipinski definition) is 0. The minimum absolute atomic E-state index is 0.000633. The van der Waals surface area contributed by atoms with Crippen LogP contribution in [0.15, 0.2) is 48.8 Å². The summed E-state index contributed by atoms with van der Waals surface area (Å²) >= 11 is 0. The molecule has 4 heteroatoms. The van der Waals surface area contributed by atoms with Gasteiger partial charge in [0, 0.05) is 0 Å². The van der Waals surface area contributed by atoms with E-state index in [9.17, 15) is 4.79 Å². The van der Waals surface area contributed by atoms with Crippen LogP contribution in [0, 0.1) is 0 Å². The van der Waals surface area contributed by atoms with Gasteiger partial charge < -0.3 is 4.74 Å². The van der Waals surface area contributed by atoms with Gasteiger partial charge in [-0.1, -0.05) is 24.3 Å². The Balaban J connectivity index is 2.07. The highest BCUT2D eigenvalue weighted by Gasteiger charge is 2.20. The van der Waals surface area contributed by atoms with Crippen molar-refractivity contribution in [2.45, 2.75) is 13.8 Å². The summed E-state index contributed by atoms with van der Waals surface area (Å²) in [5, 5.41) is 0. The van der Waals surface area contributed by atoms with Crippen molar-refractivity contribution in [2.24, 2.45) is 0 Å². The molecule has 120 valence electrons. The average Bonchev–Trinajstić information content (AvgIpc) is 2.61. The maximum atomic E-state index is 12.2. The molecule has 0 radical (unpaired) electrons.